The van der Waals surface area contributed by atoms with Gasteiger partial charge in [-0.05, 0) is 13.8 Å². The smallest absolute Gasteiger partial charge is 0.241 e. The van der Waals surface area contributed by atoms with Crippen molar-refractivity contribution in [2.75, 3.05) is 30.7 Å². The quantitative estimate of drug-likeness (QED) is 0.754. The maximum Gasteiger partial charge on any atom is 0.241 e. The zero-order valence-corrected chi connectivity index (χ0v) is 10.0. The highest BCUT2D eigenvalue weighted by atomic mass is 16.2. The van der Waals surface area contributed by atoms with E-state index in [1.54, 1.807) is 22.8 Å². The van der Waals surface area contributed by atoms with Gasteiger partial charge in [-0.1, -0.05) is 0 Å². The van der Waals surface area contributed by atoms with Crippen molar-refractivity contribution in [3.8, 4) is 0 Å². The summed E-state index contributed by atoms with van der Waals surface area (Å²) in [5.41, 5.74) is 6.25. The van der Waals surface area contributed by atoms with Crippen LogP contribution in [0.3, 0.4) is 0 Å². The van der Waals surface area contributed by atoms with Crippen LogP contribution in [0, 0.1) is 0 Å². The molecule has 0 aliphatic heterocycles. The fourth-order valence-electron chi connectivity index (χ4n) is 1.49. The van der Waals surface area contributed by atoms with Crippen LogP contribution >= 0.6 is 0 Å². The summed E-state index contributed by atoms with van der Waals surface area (Å²) in [5, 5.41) is 7.04. The molecule has 0 aromatic carbocycles. The molecule has 0 radical (unpaired) electrons. The number of nitrogens with two attached hydrogens (primary N) is 1. The molecule has 0 spiro atoms. The third-order valence-corrected chi connectivity index (χ3v) is 2.38. The maximum atomic E-state index is 11.7. The Labute approximate surface area is 95.4 Å². The Bertz CT molecular complexity index is 356. The largest absolute Gasteiger partial charge is 0.394 e. The molecule has 0 aliphatic carbocycles. The summed E-state index contributed by atoms with van der Waals surface area (Å²) < 4.78 is 1.61. The Morgan fingerprint density at radius 3 is 2.62 bits per heavy atom. The first kappa shape index (κ1) is 12.4. The number of hydrogen-bond acceptors (Lipinski definition) is 4. The number of amides is 1. The molecule has 0 atom stereocenters. The molecule has 6 heteroatoms. The monoisotopic (exact) mass is 225 g/mol. The molecular formula is C10H19N5O. The molecule has 0 saturated carbocycles. The van der Waals surface area contributed by atoms with Crippen LogP contribution in [0.5, 0.6) is 0 Å². The molecule has 1 amide bonds. The Balaban J connectivity index is 2.51. The Morgan fingerprint density at radius 1 is 1.56 bits per heavy atom. The average Bonchev–Trinajstić information content (AvgIpc) is 2.56. The van der Waals surface area contributed by atoms with E-state index in [4.69, 9.17) is 5.73 Å². The number of rotatable bonds is 5. The Kier molecular flexibility index (Phi) is 4.16. The second-order valence-corrected chi connectivity index (χ2v) is 3.53. The van der Waals surface area contributed by atoms with Gasteiger partial charge in [-0.25, -0.2) is 0 Å². The highest BCUT2D eigenvalue weighted by Gasteiger charge is 2.10. The van der Waals surface area contributed by atoms with Crippen LogP contribution < -0.4 is 11.1 Å². The standard InChI is InChI=1S/C10H19N5O/c1-4-15(5-2)9(16)6-12-10-8(11)7-14(3)13-10/h7H,4-6,11H2,1-3H3,(H,12,13). The molecule has 0 unspecified atom stereocenters. The first-order valence-corrected chi connectivity index (χ1v) is 5.39. The molecular weight excluding hydrogens is 206 g/mol. The first-order valence-electron chi connectivity index (χ1n) is 5.39. The molecule has 1 rings (SSSR count). The van der Waals surface area contributed by atoms with E-state index in [9.17, 15) is 4.79 Å². The van der Waals surface area contributed by atoms with Gasteiger partial charge in [-0.15, -0.1) is 0 Å². The number of aryl methyl sites for hydroxylation is 1. The van der Waals surface area contributed by atoms with Gasteiger partial charge in [0.15, 0.2) is 5.82 Å². The molecule has 1 heterocycles. The summed E-state index contributed by atoms with van der Waals surface area (Å²) in [7, 11) is 1.79. The lowest BCUT2D eigenvalue weighted by atomic mass is 10.4. The van der Waals surface area contributed by atoms with Crippen molar-refractivity contribution in [2.45, 2.75) is 13.8 Å². The summed E-state index contributed by atoms with van der Waals surface area (Å²) in [5.74, 6) is 0.609. The number of carbonyl (C=O) groups is 1. The highest BCUT2D eigenvalue weighted by Crippen LogP contribution is 2.13. The molecule has 3 N–H and O–H groups in total. The van der Waals surface area contributed by atoms with E-state index in [1.807, 2.05) is 13.8 Å². The summed E-state index contributed by atoms with van der Waals surface area (Å²) >= 11 is 0. The van der Waals surface area contributed by atoms with Crippen molar-refractivity contribution in [3.63, 3.8) is 0 Å². The van der Waals surface area contributed by atoms with E-state index in [0.29, 0.717) is 24.6 Å². The molecule has 16 heavy (non-hydrogen) atoms. The van der Waals surface area contributed by atoms with Crippen LogP contribution in [0.2, 0.25) is 0 Å². The van der Waals surface area contributed by atoms with E-state index >= 15 is 0 Å². The molecule has 6 nitrogen and oxygen atoms in total. The minimum atomic E-state index is 0.0510. The molecule has 1 aromatic heterocycles. The molecule has 0 bridgehead atoms. The van der Waals surface area contributed by atoms with E-state index < -0.39 is 0 Å². The second-order valence-electron chi connectivity index (χ2n) is 3.53. The fraction of sp³-hybridized carbons (Fsp3) is 0.600. The number of aromatic nitrogens is 2. The van der Waals surface area contributed by atoms with E-state index in [2.05, 4.69) is 10.4 Å². The summed E-state index contributed by atoms with van der Waals surface area (Å²) in [6, 6.07) is 0. The van der Waals surface area contributed by atoms with Crippen LogP contribution in [0.25, 0.3) is 0 Å². The van der Waals surface area contributed by atoms with Crippen molar-refractivity contribution >= 4 is 17.4 Å². The second kappa shape index (κ2) is 5.39. The zero-order chi connectivity index (χ0) is 12.1. The van der Waals surface area contributed by atoms with Gasteiger partial charge < -0.3 is 16.0 Å². The van der Waals surface area contributed by atoms with Crippen LogP contribution in [0.15, 0.2) is 6.20 Å². The lowest BCUT2D eigenvalue weighted by Crippen LogP contribution is -2.35. The van der Waals surface area contributed by atoms with E-state index in [-0.39, 0.29) is 12.5 Å². The summed E-state index contributed by atoms with van der Waals surface area (Å²) in [6.45, 7) is 5.57. The van der Waals surface area contributed by atoms with Gasteiger partial charge in [-0.3, -0.25) is 9.48 Å². The third kappa shape index (κ3) is 2.88. The third-order valence-electron chi connectivity index (χ3n) is 2.38. The van der Waals surface area contributed by atoms with Crippen LogP contribution in [-0.4, -0.2) is 40.2 Å². The van der Waals surface area contributed by atoms with Gasteiger partial charge in [0.05, 0.1) is 12.2 Å². The summed E-state index contributed by atoms with van der Waals surface area (Å²) in [4.78, 5) is 13.4. The number of nitrogens with one attached hydrogen (secondary N) is 1. The molecule has 0 aliphatic rings. The van der Waals surface area contributed by atoms with Crippen molar-refractivity contribution in [2.24, 2.45) is 7.05 Å². The van der Waals surface area contributed by atoms with Gasteiger partial charge in [0, 0.05) is 26.3 Å². The van der Waals surface area contributed by atoms with Crippen LogP contribution in [0.4, 0.5) is 11.5 Å². The SMILES string of the molecule is CCN(CC)C(=O)CNc1nn(C)cc1N. The van der Waals surface area contributed by atoms with Gasteiger partial charge in [0.1, 0.15) is 0 Å². The predicted octanol–water partition coefficient (Wildman–Crippen LogP) is 0.283. The van der Waals surface area contributed by atoms with Gasteiger partial charge in [0.25, 0.3) is 0 Å². The van der Waals surface area contributed by atoms with Gasteiger partial charge >= 0.3 is 0 Å². The topological polar surface area (TPSA) is 76.2 Å². The number of anilines is 2. The van der Waals surface area contributed by atoms with Crippen molar-refractivity contribution in [3.05, 3.63) is 6.20 Å². The number of hydrogen-bond donors (Lipinski definition) is 2. The lowest BCUT2D eigenvalue weighted by molar-refractivity contribution is -0.128. The van der Waals surface area contributed by atoms with E-state index in [1.165, 1.54) is 0 Å². The minimum absolute atomic E-state index is 0.0510. The lowest BCUT2D eigenvalue weighted by Gasteiger charge is -2.18. The van der Waals surface area contributed by atoms with Crippen molar-refractivity contribution < 1.29 is 4.79 Å². The van der Waals surface area contributed by atoms with Crippen molar-refractivity contribution in [1.82, 2.24) is 14.7 Å². The van der Waals surface area contributed by atoms with Crippen LogP contribution in [-0.2, 0) is 11.8 Å². The molecule has 0 saturated heterocycles. The maximum absolute atomic E-state index is 11.7. The average molecular weight is 225 g/mol. The van der Waals surface area contributed by atoms with Gasteiger partial charge in [0.2, 0.25) is 5.91 Å². The number of likely N-dealkylation sites (N-methyl/N-ethyl adjacent to an activating group) is 1. The number of nitrogen functional groups attached to an aromatic ring is 1. The highest BCUT2D eigenvalue weighted by molar-refractivity contribution is 5.81. The summed E-state index contributed by atoms with van der Waals surface area (Å²) in [6.07, 6.45) is 1.70. The van der Waals surface area contributed by atoms with Crippen molar-refractivity contribution in [1.29, 1.82) is 0 Å². The normalized spacial score (nSPS) is 10.2. The molecule has 0 fully saturated rings. The fourth-order valence-corrected chi connectivity index (χ4v) is 1.49. The zero-order valence-electron chi connectivity index (χ0n) is 10.0. The number of carbonyl (C=O) groups excluding carboxylic acids is 1. The van der Waals surface area contributed by atoms with E-state index in [0.717, 1.165) is 0 Å². The minimum Gasteiger partial charge on any atom is -0.394 e. The number of nitrogens with zero attached hydrogens (tertiary/aromatic N) is 3. The predicted molar refractivity (Wildman–Crippen MR) is 64.0 cm³/mol. The van der Waals surface area contributed by atoms with Gasteiger partial charge in [-0.2, -0.15) is 5.10 Å². The Morgan fingerprint density at radius 2 is 2.19 bits per heavy atom. The molecule has 90 valence electrons. The van der Waals surface area contributed by atoms with Crippen LogP contribution in [0.1, 0.15) is 13.8 Å². The first-order chi connectivity index (χ1) is 7.58. The Hall–Kier alpha value is -1.72. The molecule has 1 aromatic rings.